The number of anilines is 1. The number of aromatic nitrogens is 3. The second-order valence-corrected chi connectivity index (χ2v) is 6.95. The highest BCUT2D eigenvalue weighted by atomic mass is 32.1. The minimum atomic E-state index is -0.0529. The summed E-state index contributed by atoms with van der Waals surface area (Å²) < 4.78 is 7.05. The number of carbonyl (C=O) groups is 1. The van der Waals surface area contributed by atoms with Gasteiger partial charge in [-0.15, -0.1) is 11.3 Å². The third kappa shape index (κ3) is 3.98. The largest absolute Gasteiger partial charge is 0.463 e. The fourth-order valence-electron chi connectivity index (χ4n) is 2.74. The van der Waals surface area contributed by atoms with Gasteiger partial charge in [0, 0.05) is 17.9 Å². The Morgan fingerprint density at radius 3 is 2.85 bits per heavy atom. The predicted molar refractivity (Wildman–Crippen MR) is 105 cm³/mol. The second kappa shape index (κ2) is 7.59. The van der Waals surface area contributed by atoms with E-state index >= 15 is 0 Å². The molecule has 136 valence electrons. The van der Waals surface area contributed by atoms with Crippen LogP contribution in [0, 0.1) is 6.92 Å². The van der Waals surface area contributed by atoms with Gasteiger partial charge in [-0.25, -0.2) is 4.98 Å². The third-order valence-electron chi connectivity index (χ3n) is 4.03. The van der Waals surface area contributed by atoms with Crippen LogP contribution in [0.5, 0.6) is 0 Å². The lowest BCUT2D eigenvalue weighted by atomic mass is 10.1. The van der Waals surface area contributed by atoms with Gasteiger partial charge in [-0.05, 0) is 31.0 Å². The van der Waals surface area contributed by atoms with E-state index in [0.717, 1.165) is 17.0 Å². The molecule has 0 radical (unpaired) electrons. The van der Waals surface area contributed by atoms with Gasteiger partial charge in [0.05, 0.1) is 12.0 Å². The van der Waals surface area contributed by atoms with Crippen LogP contribution in [-0.2, 0) is 11.2 Å². The number of furan rings is 1. The summed E-state index contributed by atoms with van der Waals surface area (Å²) in [6, 6.07) is 15.5. The van der Waals surface area contributed by atoms with Gasteiger partial charge < -0.3 is 9.73 Å². The van der Waals surface area contributed by atoms with Crippen molar-refractivity contribution in [2.45, 2.75) is 19.8 Å². The zero-order valence-corrected chi connectivity index (χ0v) is 15.6. The Labute approximate surface area is 160 Å². The predicted octanol–water partition coefficient (Wildman–Crippen LogP) is 4.47. The zero-order chi connectivity index (χ0) is 18.6. The Morgan fingerprint density at radius 1 is 1.22 bits per heavy atom. The van der Waals surface area contributed by atoms with E-state index in [1.54, 1.807) is 10.9 Å². The first kappa shape index (κ1) is 17.2. The van der Waals surface area contributed by atoms with Crippen LogP contribution in [-0.4, -0.2) is 20.7 Å². The van der Waals surface area contributed by atoms with Gasteiger partial charge >= 0.3 is 0 Å². The van der Waals surface area contributed by atoms with Crippen LogP contribution < -0.4 is 5.32 Å². The molecule has 0 atom stereocenters. The maximum atomic E-state index is 12.4. The van der Waals surface area contributed by atoms with E-state index in [1.807, 2.05) is 60.8 Å². The summed E-state index contributed by atoms with van der Waals surface area (Å²) in [4.78, 5) is 17.0. The molecule has 1 N–H and O–H groups in total. The molecule has 0 aliphatic rings. The SMILES string of the molecule is Cc1cc(NC(=O)CCc2ccccc2)n(-c2nc(-c3ccco3)cs2)n1. The van der Waals surface area contributed by atoms with E-state index in [0.29, 0.717) is 29.6 Å². The van der Waals surface area contributed by atoms with Crippen LogP contribution in [0.1, 0.15) is 17.7 Å². The monoisotopic (exact) mass is 378 g/mol. The van der Waals surface area contributed by atoms with Crippen LogP contribution >= 0.6 is 11.3 Å². The van der Waals surface area contributed by atoms with Gasteiger partial charge in [-0.1, -0.05) is 30.3 Å². The summed E-state index contributed by atoms with van der Waals surface area (Å²) in [5, 5.41) is 10.00. The summed E-state index contributed by atoms with van der Waals surface area (Å²) in [5.74, 6) is 1.27. The summed E-state index contributed by atoms with van der Waals surface area (Å²) in [6.07, 6.45) is 2.72. The van der Waals surface area contributed by atoms with Crippen LogP contribution in [0.2, 0.25) is 0 Å². The number of nitrogens with one attached hydrogen (secondary N) is 1. The van der Waals surface area contributed by atoms with Crippen molar-refractivity contribution in [3.63, 3.8) is 0 Å². The van der Waals surface area contributed by atoms with Crippen molar-refractivity contribution in [2.24, 2.45) is 0 Å². The number of aryl methyl sites for hydroxylation is 2. The third-order valence-corrected chi connectivity index (χ3v) is 4.85. The van der Waals surface area contributed by atoms with Crippen molar-refractivity contribution in [2.75, 3.05) is 5.32 Å². The number of rotatable bonds is 6. The summed E-state index contributed by atoms with van der Waals surface area (Å²) in [6.45, 7) is 1.89. The quantitative estimate of drug-likeness (QED) is 0.537. The first-order valence-corrected chi connectivity index (χ1v) is 9.47. The van der Waals surface area contributed by atoms with Crippen LogP contribution in [0.4, 0.5) is 5.82 Å². The molecule has 0 aliphatic carbocycles. The molecular formula is C20H18N4O2S. The highest BCUT2D eigenvalue weighted by Crippen LogP contribution is 2.26. The summed E-state index contributed by atoms with van der Waals surface area (Å²) >= 11 is 1.44. The van der Waals surface area contributed by atoms with E-state index in [4.69, 9.17) is 4.42 Å². The van der Waals surface area contributed by atoms with Crippen LogP contribution in [0.3, 0.4) is 0 Å². The molecule has 4 aromatic rings. The summed E-state index contributed by atoms with van der Waals surface area (Å²) in [5.41, 5.74) is 2.69. The average molecular weight is 378 g/mol. The van der Waals surface area contributed by atoms with Gasteiger partial charge in [0.1, 0.15) is 11.5 Å². The van der Waals surface area contributed by atoms with Crippen molar-refractivity contribution >= 4 is 23.1 Å². The highest BCUT2D eigenvalue weighted by Gasteiger charge is 2.15. The molecule has 0 unspecified atom stereocenters. The fraction of sp³-hybridized carbons (Fsp3) is 0.150. The van der Waals surface area contributed by atoms with Gasteiger partial charge in [-0.3, -0.25) is 4.79 Å². The topological polar surface area (TPSA) is 73.0 Å². The zero-order valence-electron chi connectivity index (χ0n) is 14.8. The van der Waals surface area contributed by atoms with Crippen molar-refractivity contribution in [3.8, 4) is 16.6 Å². The molecule has 1 amide bonds. The van der Waals surface area contributed by atoms with E-state index < -0.39 is 0 Å². The molecule has 0 bridgehead atoms. The van der Waals surface area contributed by atoms with Gasteiger partial charge in [0.15, 0.2) is 5.76 Å². The molecular weight excluding hydrogens is 360 g/mol. The number of hydrogen-bond acceptors (Lipinski definition) is 5. The number of nitrogens with zero attached hydrogens (tertiary/aromatic N) is 3. The summed E-state index contributed by atoms with van der Waals surface area (Å²) in [7, 11) is 0. The fourth-order valence-corrected chi connectivity index (χ4v) is 3.52. The number of hydrogen-bond donors (Lipinski definition) is 1. The molecule has 0 aliphatic heterocycles. The number of carbonyl (C=O) groups excluding carboxylic acids is 1. The number of thiazole rings is 1. The standard InChI is InChI=1S/C20H18N4O2S/c1-14-12-18(22-19(25)10-9-15-6-3-2-4-7-15)24(23-14)20-21-16(13-27-20)17-8-5-11-26-17/h2-8,11-13H,9-10H2,1H3,(H,22,25). The Kier molecular flexibility index (Phi) is 4.84. The minimum absolute atomic E-state index is 0.0529. The highest BCUT2D eigenvalue weighted by molar-refractivity contribution is 7.12. The number of benzene rings is 1. The van der Waals surface area contributed by atoms with Crippen molar-refractivity contribution in [3.05, 3.63) is 71.4 Å². The van der Waals surface area contributed by atoms with Crippen molar-refractivity contribution in [1.82, 2.24) is 14.8 Å². The molecule has 6 nitrogen and oxygen atoms in total. The minimum Gasteiger partial charge on any atom is -0.463 e. The Hall–Kier alpha value is -3.19. The molecule has 27 heavy (non-hydrogen) atoms. The second-order valence-electron chi connectivity index (χ2n) is 6.11. The smallest absolute Gasteiger partial charge is 0.225 e. The number of amides is 1. The maximum absolute atomic E-state index is 12.4. The normalized spacial score (nSPS) is 10.9. The van der Waals surface area contributed by atoms with E-state index in [1.165, 1.54) is 11.3 Å². The van der Waals surface area contributed by atoms with E-state index in [-0.39, 0.29) is 5.91 Å². The first-order valence-electron chi connectivity index (χ1n) is 8.59. The molecule has 0 saturated heterocycles. The molecule has 4 rings (SSSR count). The average Bonchev–Trinajstić information content (AvgIpc) is 3.41. The molecule has 0 spiro atoms. The van der Waals surface area contributed by atoms with Gasteiger partial charge in [0.25, 0.3) is 0 Å². The first-order chi connectivity index (χ1) is 13.2. The van der Waals surface area contributed by atoms with Crippen LogP contribution in [0.25, 0.3) is 16.6 Å². The van der Waals surface area contributed by atoms with Gasteiger partial charge in [0.2, 0.25) is 11.0 Å². The van der Waals surface area contributed by atoms with Gasteiger partial charge in [-0.2, -0.15) is 9.78 Å². The molecule has 0 saturated carbocycles. The Morgan fingerprint density at radius 2 is 2.07 bits per heavy atom. The molecule has 3 aromatic heterocycles. The van der Waals surface area contributed by atoms with Crippen molar-refractivity contribution < 1.29 is 9.21 Å². The van der Waals surface area contributed by atoms with E-state index in [9.17, 15) is 4.79 Å². The Bertz CT molecular complexity index is 1040. The molecule has 7 heteroatoms. The molecule has 3 heterocycles. The van der Waals surface area contributed by atoms with Crippen molar-refractivity contribution in [1.29, 1.82) is 0 Å². The maximum Gasteiger partial charge on any atom is 0.225 e. The Balaban J connectivity index is 1.49. The van der Waals surface area contributed by atoms with E-state index in [2.05, 4.69) is 15.4 Å². The lowest BCUT2D eigenvalue weighted by Gasteiger charge is -2.06. The van der Waals surface area contributed by atoms with Crippen LogP contribution in [0.15, 0.2) is 64.6 Å². The lowest BCUT2D eigenvalue weighted by Crippen LogP contribution is -2.15. The molecule has 0 fully saturated rings. The molecule has 1 aromatic carbocycles. The lowest BCUT2D eigenvalue weighted by molar-refractivity contribution is -0.116.